The van der Waals surface area contributed by atoms with Crippen LogP contribution in [0.5, 0.6) is 0 Å². The standard InChI is InChI=1S/C13H13Cl2NO2/c14-7-2-1-3-8-16-11-9(12(17)13(16)18)5-4-6-10(11)15/h4-6H,1-3,7-8H2. The van der Waals surface area contributed by atoms with E-state index in [0.29, 0.717) is 28.7 Å². The molecule has 0 radical (unpaired) electrons. The number of halogens is 2. The second-order valence-electron chi connectivity index (χ2n) is 4.17. The number of fused-ring (bicyclic) bond motifs is 1. The van der Waals surface area contributed by atoms with Gasteiger partial charge in [0.05, 0.1) is 16.3 Å². The number of Topliss-reactive ketones (excluding diaryl/α,β-unsaturated/α-hetero) is 1. The van der Waals surface area contributed by atoms with Gasteiger partial charge in [-0.2, -0.15) is 0 Å². The van der Waals surface area contributed by atoms with E-state index in [9.17, 15) is 9.59 Å². The zero-order valence-electron chi connectivity index (χ0n) is 9.79. The molecule has 0 bridgehead atoms. The van der Waals surface area contributed by atoms with Gasteiger partial charge in [0.2, 0.25) is 0 Å². The number of benzene rings is 1. The molecule has 1 heterocycles. The Labute approximate surface area is 116 Å². The van der Waals surface area contributed by atoms with E-state index in [4.69, 9.17) is 23.2 Å². The van der Waals surface area contributed by atoms with Gasteiger partial charge in [0.1, 0.15) is 0 Å². The van der Waals surface area contributed by atoms with Crippen molar-refractivity contribution in [2.75, 3.05) is 17.3 Å². The van der Waals surface area contributed by atoms with Crippen LogP contribution in [0.25, 0.3) is 0 Å². The van der Waals surface area contributed by atoms with Crippen LogP contribution in [0.4, 0.5) is 5.69 Å². The van der Waals surface area contributed by atoms with Crippen molar-refractivity contribution >= 4 is 40.6 Å². The lowest BCUT2D eigenvalue weighted by atomic mass is 10.1. The summed E-state index contributed by atoms with van der Waals surface area (Å²) in [5, 5.41) is 0.448. The molecule has 0 saturated heterocycles. The van der Waals surface area contributed by atoms with Gasteiger partial charge < -0.3 is 4.90 Å². The van der Waals surface area contributed by atoms with Crippen molar-refractivity contribution in [3.8, 4) is 0 Å². The summed E-state index contributed by atoms with van der Waals surface area (Å²) in [7, 11) is 0. The number of alkyl halides is 1. The number of hydrogen-bond donors (Lipinski definition) is 0. The molecule has 2 rings (SSSR count). The number of carbonyl (C=O) groups excluding carboxylic acids is 2. The third-order valence-electron chi connectivity index (χ3n) is 2.96. The van der Waals surface area contributed by atoms with E-state index < -0.39 is 11.7 Å². The quantitative estimate of drug-likeness (QED) is 0.473. The molecule has 18 heavy (non-hydrogen) atoms. The number of unbranched alkanes of at least 4 members (excludes halogenated alkanes) is 2. The molecule has 0 aromatic heterocycles. The van der Waals surface area contributed by atoms with Crippen LogP contribution in [0, 0.1) is 0 Å². The van der Waals surface area contributed by atoms with Gasteiger partial charge in [-0.3, -0.25) is 9.59 Å². The molecule has 0 spiro atoms. The van der Waals surface area contributed by atoms with Gasteiger partial charge in [-0.1, -0.05) is 24.1 Å². The van der Waals surface area contributed by atoms with E-state index in [-0.39, 0.29) is 0 Å². The van der Waals surface area contributed by atoms with Crippen molar-refractivity contribution in [1.82, 2.24) is 0 Å². The Hall–Kier alpha value is -1.06. The maximum atomic E-state index is 11.9. The van der Waals surface area contributed by atoms with Crippen LogP contribution in [-0.4, -0.2) is 24.1 Å². The Morgan fingerprint density at radius 1 is 1.11 bits per heavy atom. The summed E-state index contributed by atoms with van der Waals surface area (Å²) in [4.78, 5) is 25.1. The maximum Gasteiger partial charge on any atom is 0.299 e. The molecule has 96 valence electrons. The molecule has 1 aromatic rings. The molecule has 0 atom stereocenters. The fourth-order valence-electron chi connectivity index (χ4n) is 2.07. The number of rotatable bonds is 5. The largest absolute Gasteiger partial charge is 0.303 e. The minimum Gasteiger partial charge on any atom is -0.303 e. The average molecular weight is 286 g/mol. The first-order valence-electron chi connectivity index (χ1n) is 5.87. The monoisotopic (exact) mass is 285 g/mol. The van der Waals surface area contributed by atoms with E-state index in [1.54, 1.807) is 18.2 Å². The van der Waals surface area contributed by atoms with Crippen molar-refractivity contribution in [2.45, 2.75) is 19.3 Å². The fraction of sp³-hybridized carbons (Fsp3) is 0.385. The molecular weight excluding hydrogens is 273 g/mol. The second kappa shape index (κ2) is 5.72. The van der Waals surface area contributed by atoms with Crippen LogP contribution in [0.15, 0.2) is 18.2 Å². The highest BCUT2D eigenvalue weighted by molar-refractivity contribution is 6.54. The lowest BCUT2D eigenvalue weighted by Gasteiger charge is -2.17. The number of hydrogen-bond acceptors (Lipinski definition) is 2. The Morgan fingerprint density at radius 2 is 1.89 bits per heavy atom. The van der Waals surface area contributed by atoms with Crippen LogP contribution in [0.3, 0.4) is 0 Å². The number of amides is 1. The van der Waals surface area contributed by atoms with E-state index in [2.05, 4.69) is 0 Å². The smallest absolute Gasteiger partial charge is 0.299 e. The van der Waals surface area contributed by atoms with Gasteiger partial charge in [0.25, 0.3) is 11.7 Å². The summed E-state index contributed by atoms with van der Waals surface area (Å²) in [6, 6.07) is 5.02. The van der Waals surface area contributed by atoms with Crippen molar-refractivity contribution in [3.05, 3.63) is 28.8 Å². The molecule has 0 N–H and O–H groups in total. The van der Waals surface area contributed by atoms with Gasteiger partial charge in [-0.15, -0.1) is 11.6 Å². The molecule has 5 heteroatoms. The molecule has 0 unspecified atom stereocenters. The van der Waals surface area contributed by atoms with Crippen LogP contribution in [0.2, 0.25) is 5.02 Å². The van der Waals surface area contributed by atoms with Crippen molar-refractivity contribution in [2.24, 2.45) is 0 Å². The number of nitrogens with zero attached hydrogens (tertiary/aromatic N) is 1. The molecule has 0 saturated carbocycles. The SMILES string of the molecule is O=C1C(=O)N(CCCCCCl)c2c(Cl)cccc21. The Morgan fingerprint density at radius 3 is 2.61 bits per heavy atom. The third-order valence-corrected chi connectivity index (χ3v) is 3.53. The minimum atomic E-state index is -0.482. The second-order valence-corrected chi connectivity index (χ2v) is 4.96. The normalized spacial score (nSPS) is 14.2. The van der Waals surface area contributed by atoms with Crippen LogP contribution < -0.4 is 4.90 Å². The van der Waals surface area contributed by atoms with E-state index in [1.165, 1.54) is 4.90 Å². The Balaban J connectivity index is 2.17. The van der Waals surface area contributed by atoms with Crippen molar-refractivity contribution < 1.29 is 9.59 Å². The van der Waals surface area contributed by atoms with Crippen LogP contribution >= 0.6 is 23.2 Å². The summed E-state index contributed by atoms with van der Waals surface area (Å²) in [6.45, 7) is 0.512. The zero-order valence-corrected chi connectivity index (χ0v) is 11.3. The molecule has 1 aliphatic rings. The number of carbonyl (C=O) groups is 2. The van der Waals surface area contributed by atoms with Crippen molar-refractivity contribution in [1.29, 1.82) is 0 Å². The highest BCUT2D eigenvalue weighted by atomic mass is 35.5. The molecule has 0 aliphatic carbocycles. The highest BCUT2D eigenvalue weighted by Gasteiger charge is 2.36. The number of para-hydroxylation sites is 1. The van der Waals surface area contributed by atoms with Gasteiger partial charge >= 0.3 is 0 Å². The van der Waals surface area contributed by atoms with E-state index in [1.807, 2.05) is 0 Å². The lowest BCUT2D eigenvalue weighted by Crippen LogP contribution is -2.30. The summed E-state index contributed by atoms with van der Waals surface area (Å²) in [5.74, 6) is -0.335. The Kier molecular flexibility index (Phi) is 4.25. The molecule has 0 fully saturated rings. The number of ketones is 1. The highest BCUT2D eigenvalue weighted by Crippen LogP contribution is 2.35. The minimum absolute atomic E-state index is 0.407. The first kappa shape index (κ1) is 13.4. The predicted molar refractivity (Wildman–Crippen MR) is 72.7 cm³/mol. The summed E-state index contributed by atoms with van der Waals surface area (Å²) in [6.07, 6.45) is 2.66. The third kappa shape index (κ3) is 2.38. The molecule has 1 aromatic carbocycles. The first-order chi connectivity index (χ1) is 8.66. The molecule has 1 aliphatic heterocycles. The topological polar surface area (TPSA) is 37.4 Å². The molecular formula is C13H13Cl2NO2. The van der Waals surface area contributed by atoms with Gasteiger partial charge in [-0.25, -0.2) is 0 Å². The fourth-order valence-corrected chi connectivity index (χ4v) is 2.53. The van der Waals surface area contributed by atoms with E-state index >= 15 is 0 Å². The van der Waals surface area contributed by atoms with Gasteiger partial charge in [0.15, 0.2) is 0 Å². The van der Waals surface area contributed by atoms with Crippen LogP contribution in [-0.2, 0) is 4.79 Å². The average Bonchev–Trinajstić information content (AvgIpc) is 2.61. The molecule has 1 amide bonds. The lowest BCUT2D eigenvalue weighted by molar-refractivity contribution is -0.114. The summed E-state index contributed by atoms with van der Waals surface area (Å²) in [5.41, 5.74) is 0.963. The van der Waals surface area contributed by atoms with Crippen molar-refractivity contribution in [3.63, 3.8) is 0 Å². The zero-order chi connectivity index (χ0) is 13.1. The summed E-state index contributed by atoms with van der Waals surface area (Å²) >= 11 is 11.7. The van der Waals surface area contributed by atoms with Gasteiger partial charge in [-0.05, 0) is 25.0 Å². The number of anilines is 1. The summed E-state index contributed by atoms with van der Waals surface area (Å²) < 4.78 is 0. The van der Waals surface area contributed by atoms with Gasteiger partial charge in [0, 0.05) is 12.4 Å². The molecule has 3 nitrogen and oxygen atoms in total. The van der Waals surface area contributed by atoms with Crippen LogP contribution in [0.1, 0.15) is 29.6 Å². The van der Waals surface area contributed by atoms with E-state index in [0.717, 1.165) is 19.3 Å². The Bertz CT molecular complexity index is 488. The maximum absolute atomic E-state index is 11.9. The first-order valence-corrected chi connectivity index (χ1v) is 6.78. The predicted octanol–water partition coefficient (Wildman–Crippen LogP) is 3.28.